The van der Waals surface area contributed by atoms with Crippen LogP contribution in [0.25, 0.3) is 99.1 Å². The third-order valence-corrected chi connectivity index (χ3v) is 10.2. The van der Waals surface area contributed by atoms with Crippen LogP contribution >= 0.6 is 0 Å². The fraction of sp³-hybridized carbons (Fsp3) is 0. The first-order chi connectivity index (χ1) is 25.3. The lowest BCUT2D eigenvalue weighted by Crippen LogP contribution is -1.93. The van der Waals surface area contributed by atoms with Crippen molar-refractivity contribution in [3.05, 3.63) is 194 Å². The molecule has 0 aliphatic rings. The third-order valence-electron chi connectivity index (χ3n) is 10.2. The Labute approximate surface area is 296 Å². The van der Waals surface area contributed by atoms with Crippen molar-refractivity contribution >= 4 is 43.5 Å². The van der Waals surface area contributed by atoms with Crippen molar-refractivity contribution in [2.45, 2.75) is 0 Å². The van der Waals surface area contributed by atoms with Gasteiger partial charge >= 0.3 is 0 Å². The van der Waals surface area contributed by atoms with Crippen LogP contribution in [0.2, 0.25) is 0 Å². The summed E-state index contributed by atoms with van der Waals surface area (Å²) in [5.74, 6) is 0. The molecule has 0 aliphatic heterocycles. The van der Waals surface area contributed by atoms with Gasteiger partial charge in [-0.15, -0.1) is 0 Å². The van der Waals surface area contributed by atoms with Gasteiger partial charge in [-0.3, -0.25) is 0 Å². The molecule has 9 aromatic carbocycles. The first-order valence-corrected chi connectivity index (χ1v) is 17.5. The molecule has 0 unspecified atom stereocenters. The molecule has 51 heavy (non-hydrogen) atoms. The second-order valence-corrected chi connectivity index (χ2v) is 13.2. The van der Waals surface area contributed by atoms with Crippen molar-refractivity contribution in [2.24, 2.45) is 0 Å². The van der Waals surface area contributed by atoms with E-state index in [1.54, 1.807) is 0 Å². The van der Waals surface area contributed by atoms with Gasteiger partial charge < -0.3 is 4.42 Å². The van der Waals surface area contributed by atoms with Crippen LogP contribution in [0.1, 0.15) is 0 Å². The quantitative estimate of drug-likeness (QED) is 0.169. The smallest absolute Gasteiger partial charge is 0.136 e. The Morgan fingerprint density at radius 2 is 0.647 bits per heavy atom. The first-order valence-electron chi connectivity index (χ1n) is 17.5. The second-order valence-electron chi connectivity index (χ2n) is 13.2. The summed E-state index contributed by atoms with van der Waals surface area (Å²) in [6.07, 6.45) is 0. The maximum absolute atomic E-state index is 6.60. The third kappa shape index (κ3) is 4.94. The highest BCUT2D eigenvalue weighted by molar-refractivity contribution is 6.26. The molecule has 0 fully saturated rings. The minimum Gasteiger partial charge on any atom is -0.456 e. The molecule has 0 atom stereocenters. The molecule has 0 amide bonds. The van der Waals surface area contributed by atoms with Crippen molar-refractivity contribution in [1.29, 1.82) is 0 Å². The minimum absolute atomic E-state index is 0.896. The van der Waals surface area contributed by atoms with Gasteiger partial charge in [-0.05, 0) is 114 Å². The maximum Gasteiger partial charge on any atom is 0.136 e. The number of fused-ring (bicyclic) bond motifs is 5. The number of hydrogen-bond donors (Lipinski definition) is 0. The lowest BCUT2D eigenvalue weighted by molar-refractivity contribution is 0.669. The fourth-order valence-corrected chi connectivity index (χ4v) is 7.94. The summed E-state index contributed by atoms with van der Waals surface area (Å²) in [6.45, 7) is 0. The number of hydrogen-bond acceptors (Lipinski definition) is 1. The summed E-state index contributed by atoms with van der Waals surface area (Å²) in [5.41, 5.74) is 13.7. The topological polar surface area (TPSA) is 13.1 Å². The van der Waals surface area contributed by atoms with E-state index < -0.39 is 0 Å². The van der Waals surface area contributed by atoms with E-state index in [2.05, 4.69) is 194 Å². The molecule has 0 saturated heterocycles. The summed E-state index contributed by atoms with van der Waals surface area (Å²) in [7, 11) is 0. The number of furan rings is 1. The van der Waals surface area contributed by atoms with Crippen LogP contribution in [0.3, 0.4) is 0 Å². The molecule has 238 valence electrons. The SMILES string of the molecule is c1ccc(-c2cc(-c3ccccc3)cc(-c3c4ccccc4c(-c4cc(-c5ccccc5)cc5oc6ccccc6c45)c4ccccc34)c2)cc1. The largest absolute Gasteiger partial charge is 0.456 e. The molecule has 0 N–H and O–H groups in total. The average molecular weight is 649 g/mol. The Balaban J connectivity index is 1.33. The highest BCUT2D eigenvalue weighted by atomic mass is 16.3. The Morgan fingerprint density at radius 3 is 1.16 bits per heavy atom. The van der Waals surface area contributed by atoms with E-state index in [0.717, 1.165) is 33.1 Å². The Bertz CT molecular complexity index is 2770. The zero-order valence-electron chi connectivity index (χ0n) is 27.9. The van der Waals surface area contributed by atoms with Gasteiger partial charge in [0.05, 0.1) is 0 Å². The Kier molecular flexibility index (Phi) is 6.89. The zero-order valence-corrected chi connectivity index (χ0v) is 27.9. The number of rotatable bonds is 5. The fourth-order valence-electron chi connectivity index (χ4n) is 7.94. The minimum atomic E-state index is 0.896. The molecule has 1 heteroatoms. The molecular formula is C50H32O. The van der Waals surface area contributed by atoms with Crippen LogP contribution in [-0.4, -0.2) is 0 Å². The van der Waals surface area contributed by atoms with Gasteiger partial charge in [-0.2, -0.15) is 0 Å². The van der Waals surface area contributed by atoms with E-state index in [1.165, 1.54) is 66.1 Å². The van der Waals surface area contributed by atoms with Gasteiger partial charge in [-0.25, -0.2) is 0 Å². The maximum atomic E-state index is 6.60. The molecule has 0 spiro atoms. The highest BCUT2D eigenvalue weighted by Gasteiger charge is 2.22. The van der Waals surface area contributed by atoms with Crippen LogP contribution in [0.4, 0.5) is 0 Å². The van der Waals surface area contributed by atoms with Gasteiger partial charge in [0, 0.05) is 10.8 Å². The summed E-state index contributed by atoms with van der Waals surface area (Å²) >= 11 is 0. The van der Waals surface area contributed by atoms with Crippen molar-refractivity contribution < 1.29 is 4.42 Å². The summed E-state index contributed by atoms with van der Waals surface area (Å²) < 4.78 is 6.60. The van der Waals surface area contributed by atoms with E-state index in [-0.39, 0.29) is 0 Å². The summed E-state index contributed by atoms with van der Waals surface area (Å²) in [6, 6.07) is 70.0. The first kappa shape index (κ1) is 29.2. The lowest BCUT2D eigenvalue weighted by atomic mass is 9.83. The lowest BCUT2D eigenvalue weighted by Gasteiger charge is -2.20. The van der Waals surface area contributed by atoms with Crippen LogP contribution < -0.4 is 0 Å². The van der Waals surface area contributed by atoms with E-state index in [9.17, 15) is 0 Å². The van der Waals surface area contributed by atoms with Crippen LogP contribution in [0.15, 0.2) is 199 Å². The molecule has 1 heterocycles. The highest BCUT2D eigenvalue weighted by Crippen LogP contribution is 2.49. The predicted molar refractivity (Wildman–Crippen MR) is 216 cm³/mol. The number of para-hydroxylation sites is 1. The van der Waals surface area contributed by atoms with Crippen LogP contribution in [0, 0.1) is 0 Å². The van der Waals surface area contributed by atoms with Crippen LogP contribution in [0.5, 0.6) is 0 Å². The number of benzene rings is 9. The van der Waals surface area contributed by atoms with Crippen molar-refractivity contribution in [3.63, 3.8) is 0 Å². The van der Waals surface area contributed by atoms with E-state index >= 15 is 0 Å². The van der Waals surface area contributed by atoms with E-state index in [4.69, 9.17) is 4.42 Å². The monoisotopic (exact) mass is 648 g/mol. The summed E-state index contributed by atoms with van der Waals surface area (Å²) in [5, 5.41) is 7.15. The van der Waals surface area contributed by atoms with Gasteiger partial charge in [0.2, 0.25) is 0 Å². The Morgan fingerprint density at radius 1 is 0.255 bits per heavy atom. The van der Waals surface area contributed by atoms with Gasteiger partial charge in [0.15, 0.2) is 0 Å². The van der Waals surface area contributed by atoms with Gasteiger partial charge in [0.25, 0.3) is 0 Å². The van der Waals surface area contributed by atoms with Crippen molar-refractivity contribution in [2.75, 3.05) is 0 Å². The molecule has 0 radical (unpaired) electrons. The van der Waals surface area contributed by atoms with E-state index in [1.807, 2.05) is 0 Å². The van der Waals surface area contributed by atoms with Crippen molar-refractivity contribution in [3.8, 4) is 55.6 Å². The van der Waals surface area contributed by atoms with Crippen molar-refractivity contribution in [1.82, 2.24) is 0 Å². The molecule has 0 bridgehead atoms. The normalized spacial score (nSPS) is 11.5. The molecule has 10 rings (SSSR count). The molecule has 10 aromatic rings. The molecule has 1 aromatic heterocycles. The van der Waals surface area contributed by atoms with Gasteiger partial charge in [-0.1, -0.05) is 158 Å². The molecular weight excluding hydrogens is 617 g/mol. The van der Waals surface area contributed by atoms with Crippen LogP contribution in [-0.2, 0) is 0 Å². The van der Waals surface area contributed by atoms with E-state index in [0.29, 0.717) is 0 Å². The second kappa shape index (κ2) is 12.0. The zero-order chi connectivity index (χ0) is 33.7. The molecule has 1 nitrogen and oxygen atoms in total. The summed E-state index contributed by atoms with van der Waals surface area (Å²) in [4.78, 5) is 0. The average Bonchev–Trinajstić information content (AvgIpc) is 3.59. The predicted octanol–water partition coefficient (Wildman–Crippen LogP) is 14.2. The molecule has 0 saturated carbocycles. The Hall–Kier alpha value is -6.70. The van der Waals surface area contributed by atoms with Gasteiger partial charge in [0.1, 0.15) is 11.2 Å². The molecule has 0 aliphatic carbocycles. The standard InChI is InChI=1S/C50H32O/c1-4-16-33(17-5-1)36-28-37(34-18-6-2-7-19-34)30-39(29-36)48-40-22-10-12-24-42(40)49(43-25-13-11-23-41(43)48)45-31-38(35-20-8-3-9-21-35)32-47-50(45)44-26-14-15-27-46(44)51-47/h1-32H.